The van der Waals surface area contributed by atoms with E-state index >= 15 is 0 Å². The van der Waals surface area contributed by atoms with Crippen molar-refractivity contribution < 1.29 is 18.8 Å². The molecule has 0 aromatic heterocycles. The van der Waals surface area contributed by atoms with E-state index in [0.29, 0.717) is 11.3 Å². The van der Waals surface area contributed by atoms with Crippen molar-refractivity contribution in [3.8, 4) is 11.5 Å². The van der Waals surface area contributed by atoms with Crippen molar-refractivity contribution in [3.63, 3.8) is 0 Å². The number of rotatable bonds is 3. The Labute approximate surface area is 169 Å². The molecule has 1 N–H and O–H groups in total. The first-order valence-electron chi connectivity index (χ1n) is 8.46. The Kier molecular flexibility index (Phi) is 4.74. The van der Waals surface area contributed by atoms with Crippen molar-refractivity contribution >= 4 is 41.0 Å². The molecular weight excluding hydrogens is 399 g/mol. The lowest BCUT2D eigenvalue weighted by Gasteiger charge is -2.13. The molecule has 6 nitrogen and oxygen atoms in total. The molecule has 0 atom stereocenters. The Morgan fingerprint density at radius 1 is 1.07 bits per heavy atom. The number of anilines is 1. The second-order valence-corrected chi connectivity index (χ2v) is 6.63. The molecule has 0 bridgehead atoms. The molecule has 3 aromatic rings. The van der Waals surface area contributed by atoms with Gasteiger partial charge in [0.2, 0.25) is 0 Å². The Morgan fingerprint density at radius 3 is 2.62 bits per heavy atom. The molecule has 144 valence electrons. The zero-order valence-corrected chi connectivity index (χ0v) is 15.4. The van der Waals surface area contributed by atoms with E-state index in [0.717, 1.165) is 11.6 Å². The number of nitro benzene ring substituents is 1. The first kappa shape index (κ1) is 18.6. The van der Waals surface area contributed by atoms with Gasteiger partial charge in [0.25, 0.3) is 11.6 Å². The summed E-state index contributed by atoms with van der Waals surface area (Å²) in [4.78, 5) is 23.7. The number of carbonyl (C=O) groups is 1. The molecule has 3 aromatic carbocycles. The van der Waals surface area contributed by atoms with Gasteiger partial charge in [-0.25, -0.2) is 4.39 Å². The van der Waals surface area contributed by atoms with Crippen LogP contribution < -0.4 is 10.1 Å². The topological polar surface area (TPSA) is 81.5 Å². The number of para-hydroxylation sites is 1. The van der Waals surface area contributed by atoms with Crippen LogP contribution in [0, 0.1) is 15.9 Å². The minimum Gasteiger partial charge on any atom is -0.456 e. The minimum absolute atomic E-state index is 0.0405. The molecule has 0 fully saturated rings. The van der Waals surface area contributed by atoms with Crippen LogP contribution in [0.1, 0.15) is 21.5 Å². The van der Waals surface area contributed by atoms with E-state index in [4.69, 9.17) is 16.3 Å². The summed E-state index contributed by atoms with van der Waals surface area (Å²) in [5, 5.41) is 13.8. The Bertz CT molecular complexity index is 1190. The molecule has 0 saturated heterocycles. The lowest BCUT2D eigenvalue weighted by molar-refractivity contribution is -0.384. The largest absolute Gasteiger partial charge is 0.456 e. The fourth-order valence-electron chi connectivity index (χ4n) is 2.94. The van der Waals surface area contributed by atoms with Crippen LogP contribution in [0.3, 0.4) is 0 Å². The third-order valence-corrected chi connectivity index (χ3v) is 4.62. The lowest BCUT2D eigenvalue weighted by atomic mass is 10.0. The molecule has 0 radical (unpaired) electrons. The van der Waals surface area contributed by atoms with E-state index in [1.54, 1.807) is 24.3 Å². The molecular formula is C21H12ClFN2O4. The molecule has 8 heteroatoms. The van der Waals surface area contributed by atoms with Crippen LogP contribution in [0.15, 0.2) is 54.6 Å². The molecule has 1 amide bonds. The summed E-state index contributed by atoms with van der Waals surface area (Å²) in [7, 11) is 0. The molecule has 0 spiro atoms. The molecule has 4 rings (SSSR count). The van der Waals surface area contributed by atoms with Crippen molar-refractivity contribution in [1.29, 1.82) is 0 Å². The molecule has 0 aliphatic carbocycles. The fourth-order valence-corrected chi connectivity index (χ4v) is 3.12. The van der Waals surface area contributed by atoms with E-state index in [2.05, 4.69) is 5.32 Å². The number of ether oxygens (including phenoxy) is 1. The van der Waals surface area contributed by atoms with Gasteiger partial charge in [0.1, 0.15) is 17.3 Å². The maximum Gasteiger partial charge on any atom is 0.274 e. The molecule has 1 aliphatic rings. The van der Waals surface area contributed by atoms with Gasteiger partial charge in [0.15, 0.2) is 0 Å². The maximum absolute atomic E-state index is 13.4. The summed E-state index contributed by atoms with van der Waals surface area (Å²) in [6.07, 6.45) is 3.43. The number of nitrogens with zero attached hydrogens (tertiary/aromatic N) is 1. The number of nitrogens with one attached hydrogen (secondary N) is 1. The zero-order chi connectivity index (χ0) is 20.5. The Balaban J connectivity index is 1.79. The Morgan fingerprint density at radius 2 is 1.86 bits per heavy atom. The number of benzene rings is 3. The van der Waals surface area contributed by atoms with Gasteiger partial charge in [-0.2, -0.15) is 0 Å². The molecule has 1 heterocycles. The zero-order valence-electron chi connectivity index (χ0n) is 14.7. The second kappa shape index (κ2) is 7.37. The normalized spacial score (nSPS) is 11.7. The van der Waals surface area contributed by atoms with E-state index in [1.807, 2.05) is 12.1 Å². The number of hydrogen-bond acceptors (Lipinski definition) is 4. The standard InChI is InChI=1S/C21H12ClFN2O4/c22-17-9-13(6-8-18(17)23)24-21(26)16-10-14(25(27)28)11-20-15(16)7-5-12-3-1-2-4-19(12)29-20/h1-11H,(H,24,26). The third-order valence-electron chi connectivity index (χ3n) is 4.33. The maximum atomic E-state index is 13.4. The van der Waals surface area contributed by atoms with Crippen LogP contribution in [0.25, 0.3) is 12.2 Å². The number of amides is 1. The first-order valence-corrected chi connectivity index (χ1v) is 8.84. The van der Waals surface area contributed by atoms with Gasteiger partial charge in [-0.05, 0) is 30.3 Å². The molecule has 29 heavy (non-hydrogen) atoms. The van der Waals surface area contributed by atoms with Gasteiger partial charge in [-0.15, -0.1) is 0 Å². The van der Waals surface area contributed by atoms with E-state index < -0.39 is 16.6 Å². The number of carbonyl (C=O) groups excluding carboxylic acids is 1. The molecule has 1 aliphatic heterocycles. The first-order chi connectivity index (χ1) is 13.9. The predicted octanol–water partition coefficient (Wildman–Crippen LogP) is 5.92. The van der Waals surface area contributed by atoms with Gasteiger partial charge < -0.3 is 10.1 Å². The Hall–Kier alpha value is -3.71. The summed E-state index contributed by atoms with van der Waals surface area (Å²) in [6.45, 7) is 0. The number of fused-ring (bicyclic) bond motifs is 2. The summed E-state index contributed by atoms with van der Waals surface area (Å²) in [5.74, 6) is -0.544. The van der Waals surface area contributed by atoms with Gasteiger partial charge in [0.05, 0.1) is 21.6 Å². The highest BCUT2D eigenvalue weighted by Crippen LogP contribution is 2.38. The van der Waals surface area contributed by atoms with Crippen LogP contribution in [-0.4, -0.2) is 10.8 Å². The molecule has 0 saturated carbocycles. The monoisotopic (exact) mass is 410 g/mol. The van der Waals surface area contributed by atoms with Crippen LogP contribution in [0.4, 0.5) is 15.8 Å². The van der Waals surface area contributed by atoms with Crippen LogP contribution in [-0.2, 0) is 0 Å². The van der Waals surface area contributed by atoms with Gasteiger partial charge in [0, 0.05) is 22.9 Å². The number of hydrogen-bond donors (Lipinski definition) is 1. The van der Waals surface area contributed by atoms with Crippen molar-refractivity contribution in [2.75, 3.05) is 5.32 Å². The summed E-state index contributed by atoms with van der Waals surface area (Å²) in [6, 6.07) is 13.3. The van der Waals surface area contributed by atoms with Crippen LogP contribution in [0.2, 0.25) is 5.02 Å². The van der Waals surface area contributed by atoms with E-state index in [9.17, 15) is 19.3 Å². The number of nitro groups is 1. The third kappa shape index (κ3) is 3.68. The summed E-state index contributed by atoms with van der Waals surface area (Å²) >= 11 is 5.75. The average Bonchev–Trinajstić information content (AvgIpc) is 2.89. The summed E-state index contributed by atoms with van der Waals surface area (Å²) < 4.78 is 19.2. The predicted molar refractivity (Wildman–Crippen MR) is 108 cm³/mol. The average molecular weight is 411 g/mol. The second-order valence-electron chi connectivity index (χ2n) is 6.22. The van der Waals surface area contributed by atoms with Gasteiger partial charge in [-0.3, -0.25) is 14.9 Å². The minimum atomic E-state index is -0.622. The van der Waals surface area contributed by atoms with Crippen molar-refractivity contribution in [2.24, 2.45) is 0 Å². The highest BCUT2D eigenvalue weighted by Gasteiger charge is 2.23. The van der Waals surface area contributed by atoms with Crippen LogP contribution in [0.5, 0.6) is 11.5 Å². The smallest absolute Gasteiger partial charge is 0.274 e. The number of non-ortho nitro benzene ring substituents is 1. The van der Waals surface area contributed by atoms with E-state index in [-0.39, 0.29) is 27.7 Å². The van der Waals surface area contributed by atoms with Gasteiger partial charge >= 0.3 is 0 Å². The highest BCUT2D eigenvalue weighted by molar-refractivity contribution is 6.31. The van der Waals surface area contributed by atoms with Crippen molar-refractivity contribution in [3.05, 3.63) is 92.2 Å². The summed E-state index contributed by atoms with van der Waals surface area (Å²) in [5.41, 5.74) is 1.15. The number of halogens is 2. The van der Waals surface area contributed by atoms with E-state index in [1.165, 1.54) is 24.3 Å². The highest BCUT2D eigenvalue weighted by atomic mass is 35.5. The van der Waals surface area contributed by atoms with Gasteiger partial charge in [-0.1, -0.05) is 35.9 Å². The SMILES string of the molecule is O=C(Nc1ccc(F)c(Cl)c1)c1cc([N+](=O)[O-])cc2c1C=Cc1ccccc1O2. The van der Waals surface area contributed by atoms with Crippen LogP contribution >= 0.6 is 11.6 Å². The molecule has 0 unspecified atom stereocenters. The lowest BCUT2D eigenvalue weighted by Crippen LogP contribution is -2.14. The fraction of sp³-hybridized carbons (Fsp3) is 0. The van der Waals surface area contributed by atoms with Crippen molar-refractivity contribution in [2.45, 2.75) is 0 Å². The van der Waals surface area contributed by atoms with Crippen molar-refractivity contribution in [1.82, 2.24) is 0 Å². The quantitative estimate of drug-likeness (QED) is 0.336.